The van der Waals surface area contributed by atoms with Crippen molar-refractivity contribution in [1.82, 2.24) is 24.5 Å². The van der Waals surface area contributed by atoms with Crippen LogP contribution in [0.15, 0.2) is 29.3 Å². The lowest BCUT2D eigenvalue weighted by Crippen LogP contribution is -2.45. The smallest absolute Gasteiger partial charge is 0.267 e. The van der Waals surface area contributed by atoms with E-state index in [1.807, 2.05) is 18.1 Å². The zero-order chi connectivity index (χ0) is 17.3. The average Bonchev–Trinajstić information content (AvgIpc) is 2.95. The van der Waals surface area contributed by atoms with Crippen molar-refractivity contribution in [1.29, 1.82) is 0 Å². The van der Waals surface area contributed by atoms with E-state index in [0.717, 1.165) is 25.1 Å². The Morgan fingerprint density at radius 2 is 1.96 bits per heavy atom. The topological polar surface area (TPSA) is 73.0 Å². The highest BCUT2D eigenvalue weighted by Gasteiger charge is 2.25. The van der Waals surface area contributed by atoms with Crippen LogP contribution in [0, 0.1) is 11.8 Å². The van der Waals surface area contributed by atoms with Gasteiger partial charge in [-0.3, -0.25) is 14.3 Å². The molecular weight excluding hydrogens is 306 g/mol. The molecule has 1 amide bonds. The van der Waals surface area contributed by atoms with E-state index in [2.05, 4.69) is 24.0 Å². The maximum absolute atomic E-state index is 12.6. The summed E-state index contributed by atoms with van der Waals surface area (Å²) in [5, 5.41) is 8.44. The van der Waals surface area contributed by atoms with Gasteiger partial charge in [-0.15, -0.1) is 0 Å². The first kappa shape index (κ1) is 16.4. The van der Waals surface area contributed by atoms with Crippen LogP contribution in [0.4, 0.5) is 0 Å². The second-order valence-electron chi connectivity index (χ2n) is 6.86. The third-order valence-corrected chi connectivity index (χ3v) is 4.37. The van der Waals surface area contributed by atoms with Gasteiger partial charge < -0.3 is 4.90 Å². The Kier molecular flexibility index (Phi) is 4.51. The monoisotopic (exact) mass is 329 g/mol. The summed E-state index contributed by atoms with van der Waals surface area (Å²) in [6.45, 7) is 5.79. The van der Waals surface area contributed by atoms with Crippen molar-refractivity contribution in [2.45, 2.75) is 26.8 Å². The van der Waals surface area contributed by atoms with Gasteiger partial charge >= 0.3 is 0 Å². The Morgan fingerprint density at radius 3 is 2.58 bits per heavy atom. The number of likely N-dealkylation sites (tertiary alicyclic amines) is 1. The standard InChI is InChI=1S/C17H23N5O2/c1-12-6-13(2)9-21(8-12)17(24)11-22-16(23)5-4-15(19-22)14-7-18-20(3)10-14/h4-5,7,10,12-13H,6,8-9,11H2,1-3H3. The lowest BCUT2D eigenvalue weighted by atomic mass is 9.92. The lowest BCUT2D eigenvalue weighted by molar-refractivity contribution is -0.134. The fraction of sp³-hybridized carbons (Fsp3) is 0.529. The highest BCUT2D eigenvalue weighted by molar-refractivity contribution is 5.76. The number of aryl methyl sites for hydroxylation is 1. The number of piperidine rings is 1. The molecule has 2 aromatic rings. The SMILES string of the molecule is CC1CC(C)CN(C(=O)Cn2nc(-c3cnn(C)c3)ccc2=O)C1. The summed E-state index contributed by atoms with van der Waals surface area (Å²) in [5.74, 6) is 0.930. The first-order valence-electron chi connectivity index (χ1n) is 8.27. The maximum Gasteiger partial charge on any atom is 0.267 e. The number of hydrogen-bond donors (Lipinski definition) is 0. The normalized spacial score (nSPS) is 21.0. The van der Waals surface area contributed by atoms with E-state index in [1.54, 1.807) is 16.9 Å². The van der Waals surface area contributed by atoms with Crippen molar-refractivity contribution in [2.24, 2.45) is 18.9 Å². The van der Waals surface area contributed by atoms with Crippen LogP contribution in [0.5, 0.6) is 0 Å². The van der Waals surface area contributed by atoms with Gasteiger partial charge in [0.2, 0.25) is 5.91 Å². The zero-order valence-electron chi connectivity index (χ0n) is 14.3. The number of hydrogen-bond acceptors (Lipinski definition) is 4. The molecule has 2 atom stereocenters. The molecule has 0 aliphatic carbocycles. The maximum atomic E-state index is 12.6. The number of amides is 1. The first-order valence-corrected chi connectivity index (χ1v) is 8.27. The van der Waals surface area contributed by atoms with E-state index in [0.29, 0.717) is 17.5 Å². The van der Waals surface area contributed by atoms with Crippen molar-refractivity contribution in [3.63, 3.8) is 0 Å². The van der Waals surface area contributed by atoms with Crippen LogP contribution in [-0.4, -0.2) is 43.5 Å². The molecule has 0 spiro atoms. The molecule has 24 heavy (non-hydrogen) atoms. The molecule has 0 saturated carbocycles. The van der Waals surface area contributed by atoms with Gasteiger partial charge in [-0.2, -0.15) is 10.2 Å². The summed E-state index contributed by atoms with van der Waals surface area (Å²) < 4.78 is 2.92. The Bertz CT molecular complexity index is 784. The number of rotatable bonds is 3. The minimum Gasteiger partial charge on any atom is -0.341 e. The third kappa shape index (κ3) is 3.55. The van der Waals surface area contributed by atoms with E-state index in [4.69, 9.17) is 0 Å². The van der Waals surface area contributed by atoms with E-state index in [9.17, 15) is 9.59 Å². The summed E-state index contributed by atoms with van der Waals surface area (Å²) in [6.07, 6.45) is 4.65. The molecule has 1 aliphatic rings. The Balaban J connectivity index is 1.79. The second-order valence-corrected chi connectivity index (χ2v) is 6.86. The number of carbonyl (C=O) groups excluding carboxylic acids is 1. The first-order chi connectivity index (χ1) is 11.4. The van der Waals surface area contributed by atoms with E-state index in [1.165, 1.54) is 10.7 Å². The molecule has 1 aliphatic heterocycles. The largest absolute Gasteiger partial charge is 0.341 e. The van der Waals surface area contributed by atoms with Gasteiger partial charge in [0.15, 0.2) is 0 Å². The molecule has 0 N–H and O–H groups in total. The Labute approximate surface area is 140 Å². The summed E-state index contributed by atoms with van der Waals surface area (Å²) in [5.41, 5.74) is 1.18. The van der Waals surface area contributed by atoms with Crippen LogP contribution in [-0.2, 0) is 18.4 Å². The van der Waals surface area contributed by atoms with Crippen molar-refractivity contribution in [3.8, 4) is 11.3 Å². The molecule has 3 rings (SSSR count). The Hall–Kier alpha value is -2.44. The van der Waals surface area contributed by atoms with Crippen LogP contribution in [0.3, 0.4) is 0 Å². The van der Waals surface area contributed by atoms with Crippen LogP contribution >= 0.6 is 0 Å². The molecule has 7 heteroatoms. The van der Waals surface area contributed by atoms with Crippen LogP contribution in [0.25, 0.3) is 11.3 Å². The predicted molar refractivity (Wildman–Crippen MR) is 90.2 cm³/mol. The van der Waals surface area contributed by atoms with Gasteiger partial charge in [-0.25, -0.2) is 4.68 Å². The molecule has 2 aromatic heterocycles. The molecule has 3 heterocycles. The van der Waals surface area contributed by atoms with Crippen molar-refractivity contribution in [3.05, 3.63) is 34.9 Å². The quantitative estimate of drug-likeness (QED) is 0.847. The minimum atomic E-state index is -0.269. The summed E-state index contributed by atoms with van der Waals surface area (Å²) in [6, 6.07) is 3.11. The summed E-state index contributed by atoms with van der Waals surface area (Å²) >= 11 is 0. The van der Waals surface area contributed by atoms with Gasteiger partial charge in [-0.05, 0) is 24.3 Å². The van der Waals surface area contributed by atoms with Gasteiger partial charge in [0.25, 0.3) is 5.56 Å². The van der Waals surface area contributed by atoms with Crippen molar-refractivity contribution in [2.75, 3.05) is 13.1 Å². The average molecular weight is 329 g/mol. The molecule has 0 bridgehead atoms. The van der Waals surface area contributed by atoms with Gasteiger partial charge in [0, 0.05) is 38.0 Å². The lowest BCUT2D eigenvalue weighted by Gasteiger charge is -2.35. The number of aromatic nitrogens is 4. The summed E-state index contributed by atoms with van der Waals surface area (Å²) in [7, 11) is 1.82. The molecular formula is C17H23N5O2. The Morgan fingerprint density at radius 1 is 1.25 bits per heavy atom. The van der Waals surface area contributed by atoms with E-state index in [-0.39, 0.29) is 18.0 Å². The van der Waals surface area contributed by atoms with Crippen LogP contribution in [0.1, 0.15) is 20.3 Å². The highest BCUT2D eigenvalue weighted by atomic mass is 16.2. The molecule has 2 unspecified atom stereocenters. The molecule has 0 radical (unpaired) electrons. The number of carbonyl (C=O) groups is 1. The highest BCUT2D eigenvalue weighted by Crippen LogP contribution is 2.21. The van der Waals surface area contributed by atoms with Crippen LogP contribution in [0.2, 0.25) is 0 Å². The predicted octanol–water partition coefficient (Wildman–Crippen LogP) is 1.15. The molecule has 1 saturated heterocycles. The molecule has 128 valence electrons. The van der Waals surface area contributed by atoms with Gasteiger partial charge in [0.1, 0.15) is 6.54 Å². The van der Waals surface area contributed by atoms with Gasteiger partial charge in [0.05, 0.1) is 11.9 Å². The van der Waals surface area contributed by atoms with E-state index >= 15 is 0 Å². The fourth-order valence-corrected chi connectivity index (χ4v) is 3.36. The second kappa shape index (κ2) is 6.59. The van der Waals surface area contributed by atoms with E-state index < -0.39 is 0 Å². The molecule has 7 nitrogen and oxygen atoms in total. The number of nitrogens with zero attached hydrogens (tertiary/aromatic N) is 5. The van der Waals surface area contributed by atoms with Crippen molar-refractivity contribution < 1.29 is 4.79 Å². The minimum absolute atomic E-state index is 0.0215. The van der Waals surface area contributed by atoms with Gasteiger partial charge in [-0.1, -0.05) is 13.8 Å². The van der Waals surface area contributed by atoms with Crippen LogP contribution < -0.4 is 5.56 Å². The molecule has 1 fully saturated rings. The third-order valence-electron chi connectivity index (χ3n) is 4.37. The van der Waals surface area contributed by atoms with Crippen molar-refractivity contribution >= 4 is 5.91 Å². The zero-order valence-corrected chi connectivity index (χ0v) is 14.3. The molecule has 0 aromatic carbocycles. The fourth-order valence-electron chi connectivity index (χ4n) is 3.36. The summed E-state index contributed by atoms with van der Waals surface area (Å²) in [4.78, 5) is 26.5.